The van der Waals surface area contributed by atoms with E-state index in [-0.39, 0.29) is 11.9 Å². The van der Waals surface area contributed by atoms with Gasteiger partial charge in [-0.05, 0) is 19.9 Å². The van der Waals surface area contributed by atoms with Gasteiger partial charge in [-0.1, -0.05) is 0 Å². The first-order chi connectivity index (χ1) is 13.6. The third-order valence-corrected chi connectivity index (χ3v) is 4.89. The lowest BCUT2D eigenvalue weighted by Crippen LogP contribution is -2.49. The lowest BCUT2D eigenvalue weighted by Gasteiger charge is -2.34. The quantitative estimate of drug-likeness (QED) is 0.680. The maximum Gasteiger partial charge on any atom is 0.255 e. The zero-order valence-electron chi connectivity index (χ0n) is 16.2. The van der Waals surface area contributed by atoms with Crippen molar-refractivity contribution in [2.45, 2.75) is 19.9 Å². The molecule has 0 radical (unpaired) electrons. The van der Waals surface area contributed by atoms with Gasteiger partial charge in [0, 0.05) is 50.7 Å². The smallest absolute Gasteiger partial charge is 0.255 e. The van der Waals surface area contributed by atoms with E-state index in [1.807, 2.05) is 15.5 Å². The minimum atomic E-state index is -0.0280. The largest absolute Gasteiger partial charge is 0.481 e. The van der Waals surface area contributed by atoms with Crippen LogP contribution in [-0.2, 0) is 0 Å². The Morgan fingerprint density at radius 3 is 2.64 bits per heavy atom. The van der Waals surface area contributed by atoms with Crippen molar-refractivity contribution in [2.24, 2.45) is 0 Å². The van der Waals surface area contributed by atoms with Crippen LogP contribution in [-0.4, -0.2) is 68.6 Å². The van der Waals surface area contributed by atoms with E-state index in [1.54, 1.807) is 31.9 Å². The molecule has 4 rings (SSSR count). The van der Waals surface area contributed by atoms with Crippen molar-refractivity contribution in [3.63, 3.8) is 0 Å². The molecule has 0 aromatic carbocycles. The lowest BCUT2D eigenvalue weighted by atomic mass is 10.2. The summed E-state index contributed by atoms with van der Waals surface area (Å²) in [5.41, 5.74) is 2.10. The minimum absolute atomic E-state index is 0.0280. The van der Waals surface area contributed by atoms with Gasteiger partial charge in [-0.3, -0.25) is 4.79 Å². The summed E-state index contributed by atoms with van der Waals surface area (Å²) in [5.74, 6) is 1.12. The molecule has 28 heavy (non-hydrogen) atoms. The van der Waals surface area contributed by atoms with Crippen LogP contribution in [0.1, 0.15) is 30.2 Å². The highest BCUT2D eigenvalue weighted by atomic mass is 16.5. The van der Waals surface area contributed by atoms with E-state index in [2.05, 4.69) is 38.7 Å². The number of carbonyl (C=O) groups excluding carboxylic acids is 1. The van der Waals surface area contributed by atoms with E-state index in [0.29, 0.717) is 43.6 Å². The van der Waals surface area contributed by atoms with Crippen LogP contribution in [0.5, 0.6) is 5.88 Å². The predicted octanol–water partition coefficient (Wildman–Crippen LogP) is 1.77. The molecule has 0 aliphatic carbocycles. The number of rotatable bonds is 4. The fraction of sp³-hybridized carbons (Fsp3) is 0.421. The second kappa shape index (κ2) is 7.41. The highest BCUT2D eigenvalue weighted by molar-refractivity contribution is 5.96. The summed E-state index contributed by atoms with van der Waals surface area (Å²) in [6, 6.07) is 3.81. The van der Waals surface area contributed by atoms with Gasteiger partial charge in [-0.25, -0.2) is 15.0 Å². The van der Waals surface area contributed by atoms with Crippen LogP contribution < -0.4 is 9.64 Å². The van der Waals surface area contributed by atoms with Crippen molar-refractivity contribution in [1.82, 2.24) is 29.4 Å². The molecular formula is C19H23N7O2. The Hall–Kier alpha value is -3.23. The lowest BCUT2D eigenvalue weighted by molar-refractivity contribution is 0.0746. The number of imidazole rings is 1. The van der Waals surface area contributed by atoms with Crippen LogP contribution in [0, 0.1) is 0 Å². The van der Waals surface area contributed by atoms with Gasteiger partial charge in [0.2, 0.25) is 11.8 Å². The van der Waals surface area contributed by atoms with Gasteiger partial charge in [-0.15, -0.1) is 0 Å². The van der Waals surface area contributed by atoms with E-state index in [0.717, 1.165) is 11.2 Å². The van der Waals surface area contributed by atoms with Gasteiger partial charge in [0.15, 0.2) is 5.65 Å². The number of ether oxygens (including phenoxy) is 1. The first-order valence-electron chi connectivity index (χ1n) is 9.30. The Balaban J connectivity index is 1.45. The van der Waals surface area contributed by atoms with Crippen molar-refractivity contribution in [3.05, 3.63) is 36.4 Å². The summed E-state index contributed by atoms with van der Waals surface area (Å²) < 4.78 is 7.15. The fourth-order valence-corrected chi connectivity index (χ4v) is 3.30. The molecule has 0 unspecified atom stereocenters. The van der Waals surface area contributed by atoms with Crippen LogP contribution in [0.25, 0.3) is 11.2 Å². The number of anilines is 1. The standard InChI is InChI=1S/C19H23N7O2/c1-13(2)26-12-22-15-10-14(11-21-17(15)26)18(27)24-6-8-25(9-7-24)19-20-5-4-16(23-19)28-3/h4-5,10-13H,6-9H2,1-3H3. The van der Waals surface area contributed by atoms with Crippen molar-refractivity contribution < 1.29 is 9.53 Å². The SMILES string of the molecule is COc1ccnc(N2CCN(C(=O)c3cnc4c(c3)ncn4C(C)C)CC2)n1. The summed E-state index contributed by atoms with van der Waals surface area (Å²) in [7, 11) is 1.58. The number of piperazine rings is 1. The highest BCUT2D eigenvalue weighted by Gasteiger charge is 2.24. The predicted molar refractivity (Wildman–Crippen MR) is 105 cm³/mol. The van der Waals surface area contributed by atoms with Gasteiger partial charge < -0.3 is 19.1 Å². The van der Waals surface area contributed by atoms with E-state index < -0.39 is 0 Å². The maximum absolute atomic E-state index is 12.9. The Bertz CT molecular complexity index is 993. The van der Waals surface area contributed by atoms with Gasteiger partial charge in [0.1, 0.15) is 5.52 Å². The average molecular weight is 381 g/mol. The summed E-state index contributed by atoms with van der Waals surface area (Å²) in [4.78, 5) is 34.3. The van der Waals surface area contributed by atoms with Crippen molar-refractivity contribution in [3.8, 4) is 5.88 Å². The summed E-state index contributed by atoms with van der Waals surface area (Å²) in [6.07, 6.45) is 5.09. The molecule has 1 fully saturated rings. The first-order valence-corrected chi connectivity index (χ1v) is 9.30. The van der Waals surface area contributed by atoms with Crippen LogP contribution in [0.2, 0.25) is 0 Å². The molecule has 0 atom stereocenters. The van der Waals surface area contributed by atoms with Crippen LogP contribution in [0.3, 0.4) is 0 Å². The zero-order valence-corrected chi connectivity index (χ0v) is 16.2. The molecule has 1 aliphatic heterocycles. The number of hydrogen-bond donors (Lipinski definition) is 0. The van der Waals surface area contributed by atoms with Crippen LogP contribution >= 0.6 is 0 Å². The number of hydrogen-bond acceptors (Lipinski definition) is 7. The molecule has 1 aliphatic rings. The molecule has 0 bridgehead atoms. The Labute approximate surface area is 163 Å². The highest BCUT2D eigenvalue weighted by Crippen LogP contribution is 2.19. The van der Waals surface area contributed by atoms with E-state index >= 15 is 0 Å². The Kier molecular flexibility index (Phi) is 4.81. The van der Waals surface area contributed by atoms with Gasteiger partial charge in [0.05, 0.1) is 19.0 Å². The molecule has 3 aromatic rings. The molecular weight excluding hydrogens is 358 g/mol. The van der Waals surface area contributed by atoms with Gasteiger partial charge >= 0.3 is 0 Å². The number of fused-ring (bicyclic) bond motifs is 1. The third-order valence-electron chi connectivity index (χ3n) is 4.89. The molecule has 9 nitrogen and oxygen atoms in total. The molecule has 0 saturated carbocycles. The number of amides is 1. The van der Waals surface area contributed by atoms with E-state index in [9.17, 15) is 4.79 Å². The fourth-order valence-electron chi connectivity index (χ4n) is 3.30. The Morgan fingerprint density at radius 2 is 1.93 bits per heavy atom. The third kappa shape index (κ3) is 3.35. The van der Waals surface area contributed by atoms with Crippen LogP contribution in [0.15, 0.2) is 30.9 Å². The van der Waals surface area contributed by atoms with Crippen molar-refractivity contribution in [1.29, 1.82) is 0 Å². The maximum atomic E-state index is 12.9. The number of nitrogens with zero attached hydrogens (tertiary/aromatic N) is 7. The molecule has 1 saturated heterocycles. The number of methoxy groups -OCH3 is 1. The second-order valence-electron chi connectivity index (χ2n) is 6.99. The number of carbonyl (C=O) groups is 1. The molecule has 9 heteroatoms. The van der Waals surface area contributed by atoms with Gasteiger partial charge in [-0.2, -0.15) is 4.98 Å². The molecule has 4 heterocycles. The zero-order chi connectivity index (χ0) is 19.7. The first kappa shape index (κ1) is 18.1. The summed E-state index contributed by atoms with van der Waals surface area (Å²) >= 11 is 0. The second-order valence-corrected chi connectivity index (χ2v) is 6.99. The monoisotopic (exact) mass is 381 g/mol. The molecule has 3 aromatic heterocycles. The summed E-state index contributed by atoms with van der Waals surface area (Å²) in [6.45, 7) is 6.67. The minimum Gasteiger partial charge on any atom is -0.481 e. The molecule has 0 spiro atoms. The number of pyridine rings is 1. The molecule has 1 amide bonds. The van der Waals surface area contributed by atoms with Crippen molar-refractivity contribution >= 4 is 23.0 Å². The Morgan fingerprint density at radius 1 is 1.14 bits per heavy atom. The van der Waals surface area contributed by atoms with Gasteiger partial charge in [0.25, 0.3) is 5.91 Å². The topological polar surface area (TPSA) is 89.3 Å². The van der Waals surface area contributed by atoms with E-state index in [4.69, 9.17) is 4.74 Å². The van der Waals surface area contributed by atoms with E-state index in [1.165, 1.54) is 0 Å². The molecule has 0 N–H and O–H groups in total. The normalized spacial score (nSPS) is 14.7. The summed E-state index contributed by atoms with van der Waals surface area (Å²) in [5, 5.41) is 0. The average Bonchev–Trinajstić information content (AvgIpc) is 3.17. The molecule has 146 valence electrons. The van der Waals surface area contributed by atoms with Crippen LogP contribution in [0.4, 0.5) is 5.95 Å². The van der Waals surface area contributed by atoms with Crippen molar-refractivity contribution in [2.75, 3.05) is 38.2 Å². The number of aromatic nitrogens is 5.